The number of allylic oxidation sites excluding steroid dienone is 4. The Kier molecular flexibility index (Phi) is 40.2. The zero-order valence-corrected chi connectivity index (χ0v) is 35.4. The Morgan fingerprint density at radius 1 is 0.528 bits per heavy atom. The second-order valence-corrected chi connectivity index (χ2v) is 15.8. The van der Waals surface area contributed by atoms with Crippen LogP contribution in [0.3, 0.4) is 0 Å². The molecule has 1 amide bonds. The first-order valence-electron chi connectivity index (χ1n) is 23.1. The van der Waals surface area contributed by atoms with Crippen molar-refractivity contribution in [3.05, 3.63) is 24.3 Å². The third-order valence-corrected chi connectivity index (χ3v) is 10.5. The fraction of sp³-hybridized carbons (Fsp3) is 0.872. The van der Waals surface area contributed by atoms with E-state index in [9.17, 15) is 19.8 Å². The molecule has 0 aromatic heterocycles. The van der Waals surface area contributed by atoms with Crippen LogP contribution in [0.4, 0.5) is 0 Å². The van der Waals surface area contributed by atoms with Gasteiger partial charge < -0.3 is 20.3 Å². The highest BCUT2D eigenvalue weighted by Crippen LogP contribution is 2.17. The summed E-state index contributed by atoms with van der Waals surface area (Å²) in [5.74, 6) is -0.499. The van der Waals surface area contributed by atoms with E-state index in [4.69, 9.17) is 4.74 Å². The van der Waals surface area contributed by atoms with Crippen LogP contribution in [0.1, 0.15) is 239 Å². The van der Waals surface area contributed by atoms with E-state index in [0.29, 0.717) is 19.3 Å². The maximum Gasteiger partial charge on any atom is 0.306 e. The van der Waals surface area contributed by atoms with Gasteiger partial charge >= 0.3 is 5.97 Å². The number of carbonyl (C=O) groups excluding carboxylic acids is 2. The Balaban J connectivity index is 4.47. The average molecular weight is 748 g/mol. The summed E-state index contributed by atoms with van der Waals surface area (Å²) in [5, 5.41) is 23.5. The number of nitrogens with one attached hydrogen (secondary N) is 1. The molecule has 0 saturated carbocycles. The van der Waals surface area contributed by atoms with E-state index >= 15 is 0 Å². The van der Waals surface area contributed by atoms with Gasteiger partial charge in [0.15, 0.2) is 0 Å². The molecule has 53 heavy (non-hydrogen) atoms. The van der Waals surface area contributed by atoms with Crippen LogP contribution in [0.25, 0.3) is 0 Å². The maximum atomic E-state index is 13.1. The van der Waals surface area contributed by atoms with Crippen molar-refractivity contribution in [2.45, 2.75) is 257 Å². The summed E-state index contributed by atoms with van der Waals surface area (Å²) < 4.78 is 5.87. The Morgan fingerprint density at radius 3 is 1.43 bits per heavy atom. The summed E-state index contributed by atoms with van der Waals surface area (Å²) in [4.78, 5) is 25.9. The number of ether oxygens (including phenoxy) is 1. The van der Waals surface area contributed by atoms with Crippen molar-refractivity contribution in [3.8, 4) is 0 Å². The van der Waals surface area contributed by atoms with Crippen LogP contribution in [-0.2, 0) is 14.3 Å². The fourth-order valence-corrected chi connectivity index (χ4v) is 6.96. The van der Waals surface area contributed by atoms with Crippen LogP contribution in [0.5, 0.6) is 0 Å². The van der Waals surface area contributed by atoms with Crippen molar-refractivity contribution >= 4 is 11.9 Å². The van der Waals surface area contributed by atoms with Crippen LogP contribution in [-0.4, -0.2) is 46.9 Å². The first kappa shape index (κ1) is 51.3. The number of rotatable bonds is 41. The number of aliphatic hydroxyl groups excluding tert-OH is 2. The van der Waals surface area contributed by atoms with Crippen molar-refractivity contribution in [2.75, 3.05) is 6.61 Å². The minimum absolute atomic E-state index is 0.0656. The number of hydrogen-bond donors (Lipinski definition) is 3. The molecule has 0 aromatic rings. The average Bonchev–Trinajstić information content (AvgIpc) is 3.15. The van der Waals surface area contributed by atoms with Gasteiger partial charge in [0.25, 0.3) is 0 Å². The highest BCUT2D eigenvalue weighted by atomic mass is 16.5. The van der Waals surface area contributed by atoms with Gasteiger partial charge in [0.2, 0.25) is 5.91 Å². The van der Waals surface area contributed by atoms with Gasteiger partial charge in [0.1, 0.15) is 6.10 Å². The first-order chi connectivity index (χ1) is 26.0. The minimum atomic E-state index is -0.786. The third kappa shape index (κ3) is 37.1. The quantitative estimate of drug-likeness (QED) is 0.0329. The van der Waals surface area contributed by atoms with Gasteiger partial charge in [-0.2, -0.15) is 0 Å². The van der Waals surface area contributed by atoms with Gasteiger partial charge in [0.05, 0.1) is 25.2 Å². The predicted octanol–water partition coefficient (Wildman–Crippen LogP) is 13.2. The predicted molar refractivity (Wildman–Crippen MR) is 227 cm³/mol. The van der Waals surface area contributed by atoms with Gasteiger partial charge in [-0.05, 0) is 70.6 Å². The molecular weight excluding hydrogens is 659 g/mol. The fourth-order valence-electron chi connectivity index (χ4n) is 6.96. The summed E-state index contributed by atoms with van der Waals surface area (Å²) in [6.07, 6.45) is 45.3. The lowest BCUT2D eigenvalue weighted by Crippen LogP contribution is -2.46. The topological polar surface area (TPSA) is 95.9 Å². The molecule has 0 heterocycles. The SMILES string of the molecule is CCC/C=C\CCCCCC(CC(=O)NC(CO)C(O)CCCCCCCCCCCC)OC(=O)CCCCCCC/C=C/CCCCCCCCC. The number of aliphatic hydroxyl groups is 2. The van der Waals surface area contributed by atoms with Crippen LogP contribution in [0, 0.1) is 0 Å². The summed E-state index contributed by atoms with van der Waals surface area (Å²) in [6, 6.07) is -0.701. The molecule has 0 aliphatic heterocycles. The molecule has 0 rings (SSSR count). The highest BCUT2D eigenvalue weighted by Gasteiger charge is 2.24. The molecule has 6 heteroatoms. The zero-order chi connectivity index (χ0) is 38.9. The molecule has 0 spiro atoms. The Labute approximate surface area is 329 Å². The molecular formula is C47H89NO5. The van der Waals surface area contributed by atoms with Gasteiger partial charge in [-0.3, -0.25) is 9.59 Å². The van der Waals surface area contributed by atoms with E-state index < -0.39 is 18.2 Å². The van der Waals surface area contributed by atoms with E-state index in [0.717, 1.165) is 83.5 Å². The minimum Gasteiger partial charge on any atom is -0.462 e. The van der Waals surface area contributed by atoms with Gasteiger partial charge in [-0.1, -0.05) is 180 Å². The molecule has 0 bridgehead atoms. The molecule has 3 N–H and O–H groups in total. The van der Waals surface area contributed by atoms with Crippen molar-refractivity contribution in [1.29, 1.82) is 0 Å². The molecule has 6 nitrogen and oxygen atoms in total. The molecule has 312 valence electrons. The van der Waals surface area contributed by atoms with Gasteiger partial charge in [-0.25, -0.2) is 0 Å². The normalized spacial score (nSPS) is 13.5. The lowest BCUT2D eigenvalue weighted by Gasteiger charge is -2.24. The monoisotopic (exact) mass is 748 g/mol. The van der Waals surface area contributed by atoms with Crippen LogP contribution < -0.4 is 5.32 Å². The maximum absolute atomic E-state index is 13.1. The van der Waals surface area contributed by atoms with E-state index in [-0.39, 0.29) is 24.9 Å². The summed E-state index contributed by atoms with van der Waals surface area (Å²) in [7, 11) is 0. The summed E-state index contributed by atoms with van der Waals surface area (Å²) in [6.45, 7) is 6.39. The molecule has 0 aliphatic rings. The van der Waals surface area contributed by atoms with Crippen molar-refractivity contribution in [2.24, 2.45) is 0 Å². The van der Waals surface area contributed by atoms with Gasteiger partial charge in [-0.15, -0.1) is 0 Å². The Bertz CT molecular complexity index is 843. The summed E-state index contributed by atoms with van der Waals surface area (Å²) in [5.41, 5.74) is 0. The van der Waals surface area contributed by atoms with E-state index in [1.54, 1.807) is 0 Å². The number of esters is 1. The van der Waals surface area contributed by atoms with Crippen molar-refractivity contribution in [3.63, 3.8) is 0 Å². The van der Waals surface area contributed by atoms with E-state index in [2.05, 4.69) is 50.4 Å². The molecule has 0 saturated heterocycles. The highest BCUT2D eigenvalue weighted by molar-refractivity contribution is 5.77. The first-order valence-corrected chi connectivity index (χ1v) is 23.1. The van der Waals surface area contributed by atoms with Crippen molar-refractivity contribution < 1.29 is 24.5 Å². The second-order valence-electron chi connectivity index (χ2n) is 15.8. The van der Waals surface area contributed by atoms with E-state index in [1.807, 2.05) is 0 Å². The lowest BCUT2D eigenvalue weighted by atomic mass is 10.0. The zero-order valence-electron chi connectivity index (χ0n) is 35.4. The summed E-state index contributed by atoms with van der Waals surface area (Å²) >= 11 is 0. The molecule has 3 unspecified atom stereocenters. The number of hydrogen-bond acceptors (Lipinski definition) is 5. The van der Waals surface area contributed by atoms with Crippen LogP contribution in [0.2, 0.25) is 0 Å². The smallest absolute Gasteiger partial charge is 0.306 e. The Morgan fingerprint density at radius 2 is 0.943 bits per heavy atom. The molecule has 3 atom stereocenters. The standard InChI is InChI=1S/C47H89NO5/c1-4-7-10-13-16-19-21-22-23-24-25-26-28-31-34-37-40-47(52)53-43(38-35-32-29-18-15-12-9-6-3)41-46(51)48-44(42-49)45(50)39-36-33-30-27-20-17-14-11-8-5-2/h12,15,23-24,43-45,49-50H,4-11,13-14,16-22,25-42H2,1-3H3,(H,48,51)/b15-12-,24-23+. The third-order valence-electron chi connectivity index (χ3n) is 10.5. The Hall–Kier alpha value is -1.66. The number of amides is 1. The van der Waals surface area contributed by atoms with E-state index in [1.165, 1.54) is 109 Å². The molecule has 0 radical (unpaired) electrons. The second kappa shape index (κ2) is 41.5. The van der Waals surface area contributed by atoms with Gasteiger partial charge in [0, 0.05) is 6.42 Å². The van der Waals surface area contributed by atoms with Crippen LogP contribution >= 0.6 is 0 Å². The molecule has 0 aromatic carbocycles. The number of carbonyl (C=O) groups is 2. The van der Waals surface area contributed by atoms with Crippen molar-refractivity contribution in [1.82, 2.24) is 5.32 Å². The number of unbranched alkanes of at least 4 members (excludes halogenated alkanes) is 25. The largest absolute Gasteiger partial charge is 0.462 e. The molecule has 0 fully saturated rings. The van der Waals surface area contributed by atoms with Crippen LogP contribution in [0.15, 0.2) is 24.3 Å². The lowest BCUT2D eigenvalue weighted by molar-refractivity contribution is -0.151. The molecule has 0 aliphatic carbocycles.